The van der Waals surface area contributed by atoms with Crippen LogP contribution in [0.1, 0.15) is 45.2 Å². The number of aryl methyl sites for hydroxylation is 1. The van der Waals surface area contributed by atoms with E-state index in [1.807, 2.05) is 0 Å². The number of aromatic nitrogens is 2. The van der Waals surface area contributed by atoms with Crippen molar-refractivity contribution in [1.29, 1.82) is 0 Å². The minimum atomic E-state index is 0.674. The van der Waals surface area contributed by atoms with E-state index >= 15 is 0 Å². The fraction of sp³-hybridized carbons (Fsp3) is 0.812. The standard InChI is InChI=1S/C16H30N4/c1-4-5-8-17-16-18-15(3)13-20(16)12-14(2)11-19-9-6-7-10-19/h13-14H,4-12H2,1-3H3,(H,17,18). The van der Waals surface area contributed by atoms with E-state index in [9.17, 15) is 0 Å². The molecule has 114 valence electrons. The second-order valence-electron chi connectivity index (χ2n) is 6.25. The zero-order valence-electron chi connectivity index (χ0n) is 13.4. The average molecular weight is 278 g/mol. The number of likely N-dealkylation sites (tertiary alicyclic amines) is 1. The van der Waals surface area contributed by atoms with E-state index in [0.29, 0.717) is 5.92 Å². The quantitative estimate of drug-likeness (QED) is 0.742. The third kappa shape index (κ3) is 4.51. The molecule has 4 heteroatoms. The molecule has 1 N–H and O–H groups in total. The lowest BCUT2D eigenvalue weighted by molar-refractivity contribution is 0.272. The number of imidazole rings is 1. The fourth-order valence-corrected chi connectivity index (χ4v) is 3.00. The zero-order chi connectivity index (χ0) is 14.4. The molecule has 0 saturated carbocycles. The van der Waals surface area contributed by atoms with Crippen LogP contribution in [-0.2, 0) is 6.54 Å². The lowest BCUT2D eigenvalue weighted by atomic mass is 10.1. The van der Waals surface area contributed by atoms with Gasteiger partial charge in [0.15, 0.2) is 0 Å². The van der Waals surface area contributed by atoms with Gasteiger partial charge in [-0.05, 0) is 45.2 Å². The second-order valence-corrected chi connectivity index (χ2v) is 6.25. The van der Waals surface area contributed by atoms with Crippen LogP contribution in [0.2, 0.25) is 0 Å². The molecule has 1 atom stereocenters. The van der Waals surface area contributed by atoms with Crippen LogP contribution in [0.15, 0.2) is 6.20 Å². The molecule has 4 nitrogen and oxygen atoms in total. The fourth-order valence-electron chi connectivity index (χ4n) is 3.00. The van der Waals surface area contributed by atoms with Crippen molar-refractivity contribution in [3.8, 4) is 0 Å². The van der Waals surface area contributed by atoms with Gasteiger partial charge in [-0.3, -0.25) is 0 Å². The molecule has 0 bridgehead atoms. The van der Waals surface area contributed by atoms with Crippen molar-refractivity contribution in [3.63, 3.8) is 0 Å². The van der Waals surface area contributed by atoms with Crippen LogP contribution in [-0.4, -0.2) is 40.6 Å². The SMILES string of the molecule is CCCCNc1nc(C)cn1CC(C)CN1CCCC1. The highest BCUT2D eigenvalue weighted by Gasteiger charge is 2.16. The first kappa shape index (κ1) is 15.4. The summed E-state index contributed by atoms with van der Waals surface area (Å²) in [4.78, 5) is 7.20. The molecular weight excluding hydrogens is 248 g/mol. The molecule has 0 aromatic carbocycles. The Hall–Kier alpha value is -1.03. The molecule has 2 heterocycles. The molecular formula is C16H30N4. The molecule has 0 radical (unpaired) electrons. The molecule has 1 fully saturated rings. The van der Waals surface area contributed by atoms with Gasteiger partial charge in [-0.2, -0.15) is 0 Å². The Morgan fingerprint density at radius 3 is 2.75 bits per heavy atom. The Morgan fingerprint density at radius 2 is 2.05 bits per heavy atom. The number of nitrogens with one attached hydrogen (secondary N) is 1. The highest BCUT2D eigenvalue weighted by atomic mass is 15.2. The van der Waals surface area contributed by atoms with Crippen LogP contribution in [0, 0.1) is 12.8 Å². The summed E-state index contributed by atoms with van der Waals surface area (Å²) in [5.41, 5.74) is 1.11. The topological polar surface area (TPSA) is 33.1 Å². The molecule has 1 unspecified atom stereocenters. The van der Waals surface area contributed by atoms with E-state index in [2.05, 4.69) is 46.7 Å². The van der Waals surface area contributed by atoms with Gasteiger partial charge in [0, 0.05) is 25.8 Å². The van der Waals surface area contributed by atoms with E-state index in [-0.39, 0.29) is 0 Å². The molecule has 0 aliphatic carbocycles. The molecule has 0 amide bonds. The van der Waals surface area contributed by atoms with E-state index in [0.717, 1.165) is 24.7 Å². The molecule has 1 aromatic rings. The Bertz CT molecular complexity index is 393. The van der Waals surface area contributed by atoms with Crippen molar-refractivity contribution in [1.82, 2.24) is 14.5 Å². The summed E-state index contributed by atoms with van der Waals surface area (Å²) in [6.07, 6.45) is 7.35. The molecule has 1 saturated heterocycles. The van der Waals surface area contributed by atoms with Crippen LogP contribution in [0.25, 0.3) is 0 Å². The molecule has 1 aliphatic rings. The monoisotopic (exact) mass is 278 g/mol. The Morgan fingerprint density at radius 1 is 1.30 bits per heavy atom. The number of anilines is 1. The van der Waals surface area contributed by atoms with Gasteiger partial charge in [-0.15, -0.1) is 0 Å². The Labute approximate surface area is 123 Å². The maximum atomic E-state index is 4.61. The maximum absolute atomic E-state index is 4.61. The van der Waals surface area contributed by atoms with E-state index in [1.54, 1.807) is 0 Å². The van der Waals surface area contributed by atoms with Gasteiger partial charge >= 0.3 is 0 Å². The molecule has 0 spiro atoms. The van der Waals surface area contributed by atoms with Crippen LogP contribution in [0.5, 0.6) is 0 Å². The summed E-state index contributed by atoms with van der Waals surface area (Å²) in [5.74, 6) is 1.72. The van der Waals surface area contributed by atoms with Crippen LogP contribution in [0.4, 0.5) is 5.95 Å². The first-order chi connectivity index (χ1) is 9.69. The van der Waals surface area contributed by atoms with Gasteiger partial charge in [-0.1, -0.05) is 20.3 Å². The maximum Gasteiger partial charge on any atom is 0.203 e. The highest BCUT2D eigenvalue weighted by molar-refractivity contribution is 5.28. The summed E-state index contributed by atoms with van der Waals surface area (Å²) < 4.78 is 2.30. The Kier molecular flexibility index (Phi) is 5.89. The van der Waals surface area contributed by atoms with Crippen molar-refractivity contribution in [3.05, 3.63) is 11.9 Å². The largest absolute Gasteiger partial charge is 0.356 e. The Balaban J connectivity index is 1.86. The van der Waals surface area contributed by atoms with Gasteiger partial charge in [0.1, 0.15) is 0 Å². The van der Waals surface area contributed by atoms with Crippen LogP contribution < -0.4 is 5.32 Å². The van der Waals surface area contributed by atoms with Crippen molar-refractivity contribution in [2.45, 2.75) is 53.0 Å². The minimum absolute atomic E-state index is 0.674. The number of hydrogen-bond donors (Lipinski definition) is 1. The number of rotatable bonds is 8. The van der Waals surface area contributed by atoms with Gasteiger partial charge in [0.05, 0.1) is 5.69 Å². The molecule has 2 rings (SSSR count). The van der Waals surface area contributed by atoms with Crippen molar-refractivity contribution >= 4 is 5.95 Å². The van der Waals surface area contributed by atoms with Gasteiger partial charge in [-0.25, -0.2) is 4.98 Å². The molecule has 1 aromatic heterocycles. The van der Waals surface area contributed by atoms with E-state index < -0.39 is 0 Å². The van der Waals surface area contributed by atoms with Crippen LogP contribution in [0.3, 0.4) is 0 Å². The smallest absolute Gasteiger partial charge is 0.203 e. The van der Waals surface area contributed by atoms with Crippen molar-refractivity contribution in [2.75, 3.05) is 31.5 Å². The van der Waals surface area contributed by atoms with Gasteiger partial charge < -0.3 is 14.8 Å². The van der Waals surface area contributed by atoms with Crippen LogP contribution >= 0.6 is 0 Å². The normalized spacial score (nSPS) is 17.6. The van der Waals surface area contributed by atoms with Gasteiger partial charge in [0.25, 0.3) is 0 Å². The summed E-state index contributed by atoms with van der Waals surface area (Å²) in [7, 11) is 0. The minimum Gasteiger partial charge on any atom is -0.356 e. The third-order valence-corrected chi connectivity index (χ3v) is 3.99. The summed E-state index contributed by atoms with van der Waals surface area (Å²) in [6, 6.07) is 0. The lowest BCUT2D eigenvalue weighted by Crippen LogP contribution is -2.27. The lowest BCUT2D eigenvalue weighted by Gasteiger charge is -2.21. The number of nitrogens with zero attached hydrogens (tertiary/aromatic N) is 3. The van der Waals surface area contributed by atoms with E-state index in [4.69, 9.17) is 0 Å². The summed E-state index contributed by atoms with van der Waals surface area (Å²) in [5, 5.41) is 3.47. The predicted octanol–water partition coefficient (Wildman–Crippen LogP) is 3.14. The first-order valence-corrected chi connectivity index (χ1v) is 8.19. The number of hydrogen-bond acceptors (Lipinski definition) is 3. The number of unbranched alkanes of at least 4 members (excludes halogenated alkanes) is 1. The predicted molar refractivity (Wildman–Crippen MR) is 85.2 cm³/mol. The molecule has 20 heavy (non-hydrogen) atoms. The summed E-state index contributed by atoms with van der Waals surface area (Å²) in [6.45, 7) is 12.5. The van der Waals surface area contributed by atoms with Crippen molar-refractivity contribution < 1.29 is 0 Å². The zero-order valence-corrected chi connectivity index (χ0v) is 13.4. The van der Waals surface area contributed by atoms with Gasteiger partial charge in [0.2, 0.25) is 5.95 Å². The third-order valence-electron chi connectivity index (χ3n) is 3.99. The van der Waals surface area contributed by atoms with Crippen molar-refractivity contribution in [2.24, 2.45) is 5.92 Å². The summed E-state index contributed by atoms with van der Waals surface area (Å²) >= 11 is 0. The van der Waals surface area contributed by atoms with E-state index in [1.165, 1.54) is 45.3 Å². The second kappa shape index (κ2) is 7.67. The molecule has 1 aliphatic heterocycles. The average Bonchev–Trinajstić information content (AvgIpc) is 3.00. The first-order valence-electron chi connectivity index (χ1n) is 8.19. The highest BCUT2D eigenvalue weighted by Crippen LogP contribution is 2.15.